The fourth-order valence-electron chi connectivity index (χ4n) is 7.01. The maximum absolute atomic E-state index is 14.7. The van der Waals surface area contributed by atoms with Crippen LogP contribution >= 0.6 is 34.2 Å². The monoisotopic (exact) mass is 1060 g/mol. The van der Waals surface area contributed by atoms with Gasteiger partial charge in [-0.3, -0.25) is 19.4 Å². The molecule has 4 aromatic carbocycles. The van der Waals surface area contributed by atoms with Crippen LogP contribution < -0.4 is 9.62 Å². The highest BCUT2D eigenvalue weighted by atomic mass is 127. The van der Waals surface area contributed by atoms with Gasteiger partial charge in [-0.2, -0.15) is 0 Å². The normalized spacial score (nSPS) is 13.4. The third-order valence-electron chi connectivity index (χ3n) is 10.5. The molecule has 0 spiro atoms. The van der Waals surface area contributed by atoms with E-state index in [1.807, 2.05) is 40.8 Å². The summed E-state index contributed by atoms with van der Waals surface area (Å²) in [6.07, 6.45) is 3.01. The van der Waals surface area contributed by atoms with E-state index in [4.69, 9.17) is 35.5 Å². The lowest BCUT2D eigenvalue weighted by Gasteiger charge is -2.35. The standard InChI is InChI=1S/C46H44ClF4IN6O7S/c47-46-42(56-66(60,61)35-6-3-33(48)4-7-35)25-32(27-54-46)30-2-10-40-41(24-30)55-44(28-53-40)58-13-11-57(12-14-58)15-16-62-17-18-63-19-20-64-21-22-65-29-43(59)36-8-9-38(49)45(51)37(36)23-31-1-5-34(52)26-39(31)50/h1-10,24-28,56H,11-23,29H2. The van der Waals surface area contributed by atoms with E-state index >= 15 is 0 Å². The minimum atomic E-state index is -4.05. The van der Waals surface area contributed by atoms with Crippen molar-refractivity contribution >= 4 is 72.5 Å². The van der Waals surface area contributed by atoms with Crippen LogP contribution in [-0.4, -0.2) is 120 Å². The lowest BCUT2D eigenvalue weighted by atomic mass is 9.96. The molecule has 348 valence electrons. The summed E-state index contributed by atoms with van der Waals surface area (Å²) in [7, 11) is -4.05. The molecule has 20 heteroatoms. The summed E-state index contributed by atoms with van der Waals surface area (Å²) in [6.45, 7) is 5.74. The van der Waals surface area contributed by atoms with Crippen molar-refractivity contribution in [3.8, 4) is 11.1 Å². The minimum absolute atomic E-state index is 0.0427. The number of benzene rings is 4. The van der Waals surface area contributed by atoms with Crippen molar-refractivity contribution in [3.05, 3.63) is 140 Å². The number of ketones is 1. The minimum Gasteiger partial charge on any atom is -0.378 e. The number of pyridine rings is 1. The van der Waals surface area contributed by atoms with Gasteiger partial charge in [0.05, 0.1) is 74.1 Å². The number of rotatable bonds is 22. The molecule has 66 heavy (non-hydrogen) atoms. The van der Waals surface area contributed by atoms with Crippen LogP contribution in [0, 0.1) is 26.8 Å². The first-order valence-corrected chi connectivity index (χ1v) is 23.7. The van der Waals surface area contributed by atoms with Gasteiger partial charge in [-0.1, -0.05) is 23.7 Å². The van der Waals surface area contributed by atoms with Gasteiger partial charge in [-0.25, -0.2) is 35.9 Å². The molecule has 0 bridgehead atoms. The van der Waals surface area contributed by atoms with Crippen molar-refractivity contribution in [2.75, 3.05) is 95.2 Å². The van der Waals surface area contributed by atoms with Crippen LogP contribution in [0.5, 0.6) is 0 Å². The van der Waals surface area contributed by atoms with Gasteiger partial charge >= 0.3 is 0 Å². The van der Waals surface area contributed by atoms with E-state index < -0.39 is 39.1 Å². The topological polar surface area (TPSA) is 145 Å². The number of carbonyl (C=O) groups excluding carboxylic acids is 1. The summed E-state index contributed by atoms with van der Waals surface area (Å²) in [6, 6.07) is 18.0. The number of aromatic nitrogens is 3. The average Bonchev–Trinajstić information content (AvgIpc) is 3.30. The van der Waals surface area contributed by atoms with Crippen LogP contribution in [0.1, 0.15) is 21.5 Å². The molecule has 1 aliphatic rings. The van der Waals surface area contributed by atoms with Crippen molar-refractivity contribution in [2.24, 2.45) is 0 Å². The molecule has 1 saturated heterocycles. The molecule has 0 unspecified atom stereocenters. The van der Waals surface area contributed by atoms with E-state index in [9.17, 15) is 30.8 Å². The lowest BCUT2D eigenvalue weighted by Crippen LogP contribution is -2.47. The van der Waals surface area contributed by atoms with Crippen LogP contribution in [0.4, 0.5) is 29.1 Å². The van der Waals surface area contributed by atoms with Gasteiger partial charge < -0.3 is 23.8 Å². The van der Waals surface area contributed by atoms with Gasteiger partial charge in [0.15, 0.2) is 22.6 Å². The Balaban J connectivity index is 0.761. The van der Waals surface area contributed by atoms with E-state index in [2.05, 4.69) is 24.5 Å². The Kier molecular flexibility index (Phi) is 17.3. The molecular weight excluding hydrogens is 1020 g/mol. The van der Waals surface area contributed by atoms with E-state index in [1.165, 1.54) is 18.2 Å². The van der Waals surface area contributed by atoms with Gasteiger partial charge in [0.2, 0.25) is 0 Å². The SMILES string of the molecule is O=C(COCCOCCOCCOCCN1CCN(c2cnc3ccc(-c4cnc(Cl)c(NS(=O)(=O)c5ccc(F)cc5)c4)cc3n2)CC1)c1ccc(F)c(F)c1Cc1ccc(I)cc1F. The second kappa shape index (κ2) is 23.2. The Morgan fingerprint density at radius 2 is 1.42 bits per heavy atom. The fourth-order valence-corrected chi connectivity index (χ4v) is 8.72. The summed E-state index contributed by atoms with van der Waals surface area (Å²) < 4.78 is 108. The number of nitrogens with zero attached hydrogens (tertiary/aromatic N) is 5. The van der Waals surface area contributed by atoms with Crippen molar-refractivity contribution in [1.82, 2.24) is 19.9 Å². The van der Waals surface area contributed by atoms with Crippen LogP contribution in [-0.2, 0) is 35.4 Å². The highest BCUT2D eigenvalue weighted by molar-refractivity contribution is 14.1. The summed E-state index contributed by atoms with van der Waals surface area (Å²) in [5.41, 5.74) is 2.61. The number of Topliss-reactive ketones (excluding diaryl/α,β-unsaturated/α-hetero) is 1. The highest BCUT2D eigenvalue weighted by Gasteiger charge is 2.22. The lowest BCUT2D eigenvalue weighted by molar-refractivity contribution is -0.00288. The van der Waals surface area contributed by atoms with Gasteiger partial charge in [-0.05, 0) is 100 Å². The number of piperazine rings is 1. The third-order valence-corrected chi connectivity index (χ3v) is 12.9. The van der Waals surface area contributed by atoms with Crippen LogP contribution in [0.2, 0.25) is 5.15 Å². The van der Waals surface area contributed by atoms with Gasteiger partial charge in [0, 0.05) is 65.6 Å². The highest BCUT2D eigenvalue weighted by Crippen LogP contribution is 2.31. The van der Waals surface area contributed by atoms with Gasteiger partial charge in [0.25, 0.3) is 10.0 Å². The molecule has 1 N–H and O–H groups in total. The van der Waals surface area contributed by atoms with Crippen LogP contribution in [0.3, 0.4) is 0 Å². The molecule has 13 nitrogen and oxygen atoms in total. The second-order valence-corrected chi connectivity index (χ2v) is 18.3. The molecule has 1 aliphatic heterocycles. The molecule has 0 atom stereocenters. The zero-order valence-electron chi connectivity index (χ0n) is 35.3. The second-order valence-electron chi connectivity index (χ2n) is 15.0. The summed E-state index contributed by atoms with van der Waals surface area (Å²) in [5, 5.41) is -0.0427. The molecule has 0 saturated carbocycles. The van der Waals surface area contributed by atoms with Crippen LogP contribution in [0.15, 0.2) is 96.2 Å². The Morgan fingerprint density at radius 3 is 2.14 bits per heavy atom. The summed E-state index contributed by atoms with van der Waals surface area (Å²) in [4.78, 5) is 30.9. The van der Waals surface area contributed by atoms with Crippen molar-refractivity contribution < 1.29 is 49.7 Å². The smallest absolute Gasteiger partial charge is 0.261 e. The first kappa shape index (κ1) is 49.0. The van der Waals surface area contributed by atoms with Crippen molar-refractivity contribution in [1.29, 1.82) is 0 Å². The number of nitrogens with one attached hydrogen (secondary N) is 1. The van der Waals surface area contributed by atoms with Gasteiger partial charge in [0.1, 0.15) is 24.1 Å². The largest absolute Gasteiger partial charge is 0.378 e. The van der Waals surface area contributed by atoms with Crippen LogP contribution in [0.25, 0.3) is 22.2 Å². The fraction of sp³-hybridized carbons (Fsp3) is 0.304. The van der Waals surface area contributed by atoms with E-state index in [0.717, 1.165) is 74.4 Å². The van der Waals surface area contributed by atoms with E-state index in [-0.39, 0.29) is 58.7 Å². The summed E-state index contributed by atoms with van der Waals surface area (Å²) in [5.74, 6) is -3.26. The number of fused-ring (bicyclic) bond motifs is 1. The Morgan fingerprint density at radius 1 is 0.727 bits per heavy atom. The number of anilines is 2. The summed E-state index contributed by atoms with van der Waals surface area (Å²) >= 11 is 8.21. The molecular formula is C46H44ClF4IN6O7S. The molecule has 0 aliphatic carbocycles. The predicted molar refractivity (Wildman–Crippen MR) is 250 cm³/mol. The molecule has 7 rings (SSSR count). The number of ether oxygens (including phenoxy) is 4. The zero-order valence-corrected chi connectivity index (χ0v) is 39.1. The molecule has 6 aromatic rings. The predicted octanol–water partition coefficient (Wildman–Crippen LogP) is 7.97. The molecule has 0 radical (unpaired) electrons. The van der Waals surface area contributed by atoms with Gasteiger partial charge in [-0.15, -0.1) is 0 Å². The molecule has 1 fully saturated rings. The van der Waals surface area contributed by atoms with E-state index in [0.29, 0.717) is 53.2 Å². The Labute approximate surface area is 397 Å². The molecule has 2 aromatic heterocycles. The Bertz CT molecular complexity index is 2760. The third kappa shape index (κ3) is 13.2. The maximum Gasteiger partial charge on any atom is 0.261 e. The number of sulfonamides is 1. The van der Waals surface area contributed by atoms with E-state index in [1.54, 1.807) is 24.5 Å². The number of halogens is 6. The van der Waals surface area contributed by atoms with Crippen molar-refractivity contribution in [2.45, 2.75) is 11.3 Å². The quantitative estimate of drug-likeness (QED) is 0.0232. The van der Waals surface area contributed by atoms with Crippen molar-refractivity contribution in [3.63, 3.8) is 0 Å². The maximum atomic E-state index is 14.7. The first-order chi connectivity index (χ1) is 31.8. The average molecular weight is 1060 g/mol. The first-order valence-electron chi connectivity index (χ1n) is 20.8. The number of hydrogen-bond acceptors (Lipinski definition) is 12. The molecule has 3 heterocycles. The zero-order chi connectivity index (χ0) is 46.6. The number of hydrogen-bond donors (Lipinski definition) is 1. The molecule has 0 amide bonds. The Hall–Kier alpha value is -4.87. The number of carbonyl (C=O) groups is 1.